The molecule has 0 amide bonds. The van der Waals surface area contributed by atoms with Gasteiger partial charge in [-0.05, 0) is 6.42 Å². The van der Waals surface area contributed by atoms with Gasteiger partial charge in [0.15, 0.2) is 9.84 Å². The summed E-state index contributed by atoms with van der Waals surface area (Å²) in [5, 5.41) is 6.38. The summed E-state index contributed by atoms with van der Waals surface area (Å²) in [5.41, 5.74) is 7.03. The number of H-pyrrole nitrogens is 1. The molecule has 0 atom stereocenters. The van der Waals surface area contributed by atoms with E-state index in [0.29, 0.717) is 17.9 Å². The molecule has 0 unspecified atom stereocenters. The van der Waals surface area contributed by atoms with Crippen molar-refractivity contribution < 1.29 is 8.42 Å². The summed E-state index contributed by atoms with van der Waals surface area (Å²) in [5.74, 6) is 0.663. The number of nitrogen functional groups attached to an aromatic ring is 1. The average Bonchev–Trinajstić information content (AvgIpc) is 2.30. The van der Waals surface area contributed by atoms with Crippen LogP contribution in [-0.4, -0.2) is 24.4 Å². The van der Waals surface area contributed by atoms with Crippen LogP contribution in [0.15, 0.2) is 0 Å². The molecule has 1 aliphatic heterocycles. The van der Waals surface area contributed by atoms with Gasteiger partial charge in [-0.1, -0.05) is 0 Å². The zero-order chi connectivity index (χ0) is 8.77. The summed E-state index contributed by atoms with van der Waals surface area (Å²) >= 11 is 0. The molecule has 2 heterocycles. The van der Waals surface area contributed by atoms with Crippen molar-refractivity contribution in [3.8, 4) is 0 Å². The van der Waals surface area contributed by atoms with E-state index >= 15 is 0 Å². The number of hydrogen-bond donors (Lipinski definition) is 2. The van der Waals surface area contributed by atoms with Crippen LogP contribution in [0.25, 0.3) is 0 Å². The maximum atomic E-state index is 11.1. The van der Waals surface area contributed by atoms with Crippen LogP contribution in [0, 0.1) is 0 Å². The van der Waals surface area contributed by atoms with Gasteiger partial charge in [-0.15, -0.1) is 0 Å². The second-order valence-electron chi connectivity index (χ2n) is 2.91. The molecule has 5 nitrogen and oxygen atoms in total. The van der Waals surface area contributed by atoms with E-state index in [0.717, 1.165) is 5.56 Å². The number of aromatic nitrogens is 2. The molecule has 6 heteroatoms. The van der Waals surface area contributed by atoms with Crippen LogP contribution in [0.4, 0.5) is 5.82 Å². The Morgan fingerprint density at radius 3 is 3.00 bits per heavy atom. The van der Waals surface area contributed by atoms with Crippen LogP contribution in [0.2, 0.25) is 0 Å². The summed E-state index contributed by atoms with van der Waals surface area (Å²) < 4.78 is 22.3. The highest BCUT2D eigenvalue weighted by molar-refractivity contribution is 7.90. The Hall–Kier alpha value is -1.04. The highest BCUT2D eigenvalue weighted by Crippen LogP contribution is 2.22. The van der Waals surface area contributed by atoms with E-state index in [-0.39, 0.29) is 11.5 Å². The van der Waals surface area contributed by atoms with Crippen molar-refractivity contribution >= 4 is 15.7 Å². The molecule has 0 saturated carbocycles. The maximum Gasteiger partial charge on any atom is 0.156 e. The van der Waals surface area contributed by atoms with Crippen LogP contribution in [0.5, 0.6) is 0 Å². The van der Waals surface area contributed by atoms with Crippen LogP contribution in [0.3, 0.4) is 0 Å². The van der Waals surface area contributed by atoms with Gasteiger partial charge in [0.1, 0.15) is 5.82 Å². The number of aromatic amines is 1. The van der Waals surface area contributed by atoms with Crippen molar-refractivity contribution in [3.05, 3.63) is 11.3 Å². The second kappa shape index (κ2) is 2.22. The van der Waals surface area contributed by atoms with Gasteiger partial charge in [0.25, 0.3) is 0 Å². The number of sulfone groups is 1. The quantitative estimate of drug-likeness (QED) is 0.571. The Balaban J connectivity index is 2.50. The average molecular weight is 187 g/mol. The fourth-order valence-electron chi connectivity index (χ4n) is 1.37. The molecule has 0 fully saturated rings. The van der Waals surface area contributed by atoms with Crippen LogP contribution in [0.1, 0.15) is 11.3 Å². The molecule has 1 aromatic heterocycles. The van der Waals surface area contributed by atoms with Crippen LogP contribution >= 0.6 is 0 Å². The number of nitrogens with two attached hydrogens (primary N) is 1. The molecule has 0 aliphatic carbocycles. The van der Waals surface area contributed by atoms with Crippen LogP contribution in [-0.2, 0) is 22.0 Å². The normalized spacial score (nSPS) is 20.3. The number of hydrogen-bond acceptors (Lipinski definition) is 4. The summed E-state index contributed by atoms with van der Waals surface area (Å²) in [6.45, 7) is 0. The van der Waals surface area contributed by atoms with Gasteiger partial charge >= 0.3 is 0 Å². The lowest BCUT2D eigenvalue weighted by Gasteiger charge is -2.10. The first-order chi connectivity index (χ1) is 5.58. The zero-order valence-corrected chi connectivity index (χ0v) is 7.19. The predicted molar refractivity (Wildman–Crippen MR) is 44.2 cm³/mol. The van der Waals surface area contributed by atoms with E-state index in [4.69, 9.17) is 5.73 Å². The lowest BCUT2D eigenvalue weighted by Crippen LogP contribution is -2.18. The number of anilines is 1. The highest BCUT2D eigenvalue weighted by atomic mass is 32.2. The highest BCUT2D eigenvalue weighted by Gasteiger charge is 2.24. The Labute approximate surface area is 69.9 Å². The molecular formula is C6H9N3O2S. The largest absolute Gasteiger partial charge is 0.382 e. The van der Waals surface area contributed by atoms with Gasteiger partial charge in [-0.2, -0.15) is 5.10 Å². The lowest BCUT2D eigenvalue weighted by molar-refractivity contribution is 0.591. The van der Waals surface area contributed by atoms with Gasteiger partial charge in [-0.25, -0.2) is 8.42 Å². The Bertz CT molecular complexity index is 406. The van der Waals surface area contributed by atoms with Gasteiger partial charge in [0, 0.05) is 5.56 Å². The van der Waals surface area contributed by atoms with E-state index in [2.05, 4.69) is 10.2 Å². The van der Waals surface area contributed by atoms with Crippen molar-refractivity contribution in [1.82, 2.24) is 10.2 Å². The Morgan fingerprint density at radius 2 is 2.25 bits per heavy atom. The van der Waals surface area contributed by atoms with Crippen molar-refractivity contribution in [2.45, 2.75) is 12.2 Å². The van der Waals surface area contributed by atoms with Crippen molar-refractivity contribution in [2.24, 2.45) is 0 Å². The molecule has 1 aromatic rings. The van der Waals surface area contributed by atoms with Gasteiger partial charge in [0.2, 0.25) is 0 Å². The summed E-state index contributed by atoms with van der Waals surface area (Å²) in [4.78, 5) is 0. The first kappa shape index (κ1) is 7.60. The molecule has 2 rings (SSSR count). The van der Waals surface area contributed by atoms with Crippen molar-refractivity contribution in [1.29, 1.82) is 0 Å². The predicted octanol–water partition coefficient (Wildman–Crippen LogP) is -0.537. The fourth-order valence-corrected chi connectivity index (χ4v) is 2.70. The molecule has 1 aliphatic rings. The zero-order valence-electron chi connectivity index (χ0n) is 6.37. The minimum Gasteiger partial charge on any atom is -0.382 e. The lowest BCUT2D eigenvalue weighted by atomic mass is 10.2. The van der Waals surface area contributed by atoms with Gasteiger partial charge < -0.3 is 5.73 Å². The first-order valence-corrected chi connectivity index (χ1v) is 5.43. The molecule has 0 spiro atoms. The molecule has 66 valence electrons. The third kappa shape index (κ3) is 1.08. The molecule has 0 bridgehead atoms. The van der Waals surface area contributed by atoms with Gasteiger partial charge in [0.05, 0.1) is 17.2 Å². The molecule has 0 radical (unpaired) electrons. The Morgan fingerprint density at radius 1 is 1.50 bits per heavy atom. The minimum absolute atomic E-state index is 0.0481. The van der Waals surface area contributed by atoms with E-state index in [1.165, 1.54) is 0 Å². The SMILES string of the molecule is Nc1n[nH]c2c1CCS(=O)(=O)C2. The van der Waals surface area contributed by atoms with E-state index in [1.807, 2.05) is 0 Å². The standard InChI is InChI=1S/C6H9N3O2S/c7-6-4-1-2-12(10,11)3-5(4)8-9-6/h1-3H2,(H3,7,8,9). The van der Waals surface area contributed by atoms with Crippen LogP contribution < -0.4 is 5.73 Å². The van der Waals surface area contributed by atoms with E-state index in [9.17, 15) is 8.42 Å². The third-order valence-electron chi connectivity index (χ3n) is 2.01. The van der Waals surface area contributed by atoms with Gasteiger partial charge in [-0.3, -0.25) is 5.10 Å². The molecule has 0 saturated heterocycles. The molecule has 3 N–H and O–H groups in total. The number of nitrogens with zero attached hydrogens (tertiary/aromatic N) is 1. The van der Waals surface area contributed by atoms with Crippen molar-refractivity contribution in [3.63, 3.8) is 0 Å². The molecule has 12 heavy (non-hydrogen) atoms. The smallest absolute Gasteiger partial charge is 0.156 e. The number of nitrogens with one attached hydrogen (secondary N) is 1. The summed E-state index contributed by atoms with van der Waals surface area (Å²) in [6, 6.07) is 0. The van der Waals surface area contributed by atoms with Crippen molar-refractivity contribution in [2.75, 3.05) is 11.5 Å². The first-order valence-electron chi connectivity index (χ1n) is 3.60. The summed E-state index contributed by atoms with van der Waals surface area (Å²) in [6.07, 6.45) is 0.486. The molecule has 0 aromatic carbocycles. The van der Waals surface area contributed by atoms with E-state index in [1.54, 1.807) is 0 Å². The topological polar surface area (TPSA) is 88.8 Å². The minimum atomic E-state index is -2.91. The monoisotopic (exact) mass is 187 g/mol. The number of fused-ring (bicyclic) bond motifs is 1. The fraction of sp³-hybridized carbons (Fsp3) is 0.500. The second-order valence-corrected chi connectivity index (χ2v) is 5.09. The molecular weight excluding hydrogens is 178 g/mol. The number of rotatable bonds is 0. The maximum absolute atomic E-state index is 11.1. The van der Waals surface area contributed by atoms with E-state index < -0.39 is 9.84 Å². The Kier molecular flexibility index (Phi) is 1.41. The third-order valence-corrected chi connectivity index (χ3v) is 3.57. The summed E-state index contributed by atoms with van der Waals surface area (Å²) in [7, 11) is -2.91.